The van der Waals surface area contributed by atoms with E-state index in [2.05, 4.69) is 35.1 Å². The minimum Gasteiger partial charge on any atom is -0.497 e. The summed E-state index contributed by atoms with van der Waals surface area (Å²) in [6.45, 7) is 4.12. The topological polar surface area (TPSA) is 91.2 Å². The number of amides is 1. The molecule has 1 aromatic heterocycles. The normalized spacial score (nSPS) is 12.7. The van der Waals surface area contributed by atoms with E-state index in [1.54, 1.807) is 7.11 Å². The first-order valence-electron chi connectivity index (χ1n) is 7.60. The van der Waals surface area contributed by atoms with Gasteiger partial charge in [0.1, 0.15) is 5.75 Å². The number of quaternary nitrogens is 1. The molecule has 0 radical (unpaired) electrons. The molecule has 2 aromatic rings. The highest BCUT2D eigenvalue weighted by molar-refractivity contribution is 5.87. The van der Waals surface area contributed by atoms with Crippen LogP contribution in [-0.2, 0) is 4.79 Å². The second-order valence-electron chi connectivity index (χ2n) is 5.86. The molecule has 0 aliphatic rings. The highest BCUT2D eigenvalue weighted by atomic mass is 16.5. The highest BCUT2D eigenvalue weighted by Crippen LogP contribution is 2.19. The van der Waals surface area contributed by atoms with E-state index in [1.807, 2.05) is 30.3 Å². The number of hydrogen-bond acceptors (Lipinski definition) is 4. The fourth-order valence-corrected chi connectivity index (χ4v) is 2.25. The van der Waals surface area contributed by atoms with Crippen molar-refractivity contribution >= 4 is 23.0 Å². The Balaban J connectivity index is 2.02. The average molecular weight is 315 g/mol. The zero-order valence-corrected chi connectivity index (χ0v) is 13.7. The fraction of sp³-hybridized carbons (Fsp3) is 0.353. The summed E-state index contributed by atoms with van der Waals surface area (Å²) in [6, 6.07) is 9.15. The number of nitrogens with one attached hydrogen (secondary N) is 1. The molecule has 0 bridgehead atoms. The zero-order valence-electron chi connectivity index (χ0n) is 13.7. The smallest absolute Gasteiger partial charge is 0.298 e. The number of hydrazone groups is 1. The molecule has 0 unspecified atom stereocenters. The lowest BCUT2D eigenvalue weighted by Crippen LogP contribution is -2.67. The minimum absolute atomic E-state index is 0.180. The van der Waals surface area contributed by atoms with Crippen LogP contribution in [0.4, 0.5) is 0 Å². The number of carbonyl (C=O) groups excluding carboxylic acids is 1. The van der Waals surface area contributed by atoms with Gasteiger partial charge in [-0.15, -0.1) is 0 Å². The fourth-order valence-electron chi connectivity index (χ4n) is 2.25. The molecule has 2 rings (SSSR count). The van der Waals surface area contributed by atoms with Crippen molar-refractivity contribution in [3.05, 3.63) is 36.0 Å². The van der Waals surface area contributed by atoms with Crippen LogP contribution in [0.1, 0.15) is 26.0 Å². The number of benzene rings is 1. The van der Waals surface area contributed by atoms with Crippen molar-refractivity contribution in [1.29, 1.82) is 0 Å². The predicted molar refractivity (Wildman–Crippen MR) is 90.2 cm³/mol. The van der Waals surface area contributed by atoms with E-state index in [9.17, 15) is 4.79 Å². The summed E-state index contributed by atoms with van der Waals surface area (Å²) in [4.78, 5) is 16.3. The number of ether oxygens (including phenoxy) is 1. The van der Waals surface area contributed by atoms with Crippen LogP contribution in [-0.4, -0.2) is 30.3 Å². The number of hydrogen-bond donors (Lipinski definition) is 2. The van der Waals surface area contributed by atoms with E-state index in [0.717, 1.165) is 23.1 Å². The van der Waals surface area contributed by atoms with Crippen LogP contribution in [0.25, 0.3) is 10.9 Å². The van der Waals surface area contributed by atoms with Gasteiger partial charge in [-0.25, -0.2) is 10.4 Å². The number of aromatic nitrogens is 1. The molecule has 0 aliphatic heterocycles. The van der Waals surface area contributed by atoms with Crippen molar-refractivity contribution in [2.75, 3.05) is 7.11 Å². The molecule has 23 heavy (non-hydrogen) atoms. The van der Waals surface area contributed by atoms with Crippen LogP contribution in [0.3, 0.4) is 0 Å². The van der Waals surface area contributed by atoms with Crippen molar-refractivity contribution in [3.63, 3.8) is 0 Å². The number of pyridine rings is 1. The quantitative estimate of drug-likeness (QED) is 0.622. The van der Waals surface area contributed by atoms with Gasteiger partial charge in [0.15, 0.2) is 6.04 Å². The van der Waals surface area contributed by atoms with Gasteiger partial charge in [-0.1, -0.05) is 19.9 Å². The van der Waals surface area contributed by atoms with E-state index in [1.165, 1.54) is 6.21 Å². The summed E-state index contributed by atoms with van der Waals surface area (Å²) in [6.07, 6.45) is 2.26. The summed E-state index contributed by atoms with van der Waals surface area (Å²) in [5, 5.41) is 4.95. The molecule has 0 aliphatic carbocycles. The Bertz CT molecular complexity index is 713. The van der Waals surface area contributed by atoms with E-state index in [0.29, 0.717) is 11.6 Å². The lowest BCUT2D eigenvalue weighted by Gasteiger charge is -2.08. The number of nitrogens with zero attached hydrogens (tertiary/aromatic N) is 2. The molecule has 1 atom stereocenters. The molecule has 1 amide bonds. The van der Waals surface area contributed by atoms with Gasteiger partial charge in [-0.3, -0.25) is 4.79 Å². The lowest BCUT2D eigenvalue weighted by molar-refractivity contribution is -0.406. The Morgan fingerprint density at radius 1 is 1.39 bits per heavy atom. The summed E-state index contributed by atoms with van der Waals surface area (Å²) in [5.41, 5.74) is 7.88. The third-order valence-corrected chi connectivity index (χ3v) is 3.42. The van der Waals surface area contributed by atoms with Gasteiger partial charge in [-0.05, 0) is 30.2 Å². The van der Waals surface area contributed by atoms with Crippen LogP contribution in [0.2, 0.25) is 0 Å². The molecule has 4 N–H and O–H groups in total. The van der Waals surface area contributed by atoms with Crippen molar-refractivity contribution in [1.82, 2.24) is 10.4 Å². The molecule has 0 saturated carbocycles. The van der Waals surface area contributed by atoms with Crippen molar-refractivity contribution in [2.45, 2.75) is 26.3 Å². The van der Waals surface area contributed by atoms with Gasteiger partial charge in [0, 0.05) is 11.8 Å². The molecule has 0 saturated heterocycles. The van der Waals surface area contributed by atoms with Crippen molar-refractivity contribution < 1.29 is 15.3 Å². The molecular formula is C17H23N4O2+. The van der Waals surface area contributed by atoms with E-state index in [4.69, 9.17) is 4.74 Å². The maximum Gasteiger partial charge on any atom is 0.298 e. The first-order valence-corrected chi connectivity index (χ1v) is 7.60. The zero-order chi connectivity index (χ0) is 16.8. The van der Waals surface area contributed by atoms with Crippen LogP contribution in [0.15, 0.2) is 35.4 Å². The number of methoxy groups -OCH3 is 1. The predicted octanol–water partition coefficient (Wildman–Crippen LogP) is 1.35. The van der Waals surface area contributed by atoms with Gasteiger partial charge >= 0.3 is 0 Å². The number of carbonyl (C=O) groups is 1. The van der Waals surface area contributed by atoms with Gasteiger partial charge in [0.25, 0.3) is 5.91 Å². The Labute approximate surface area is 135 Å². The summed E-state index contributed by atoms with van der Waals surface area (Å²) >= 11 is 0. The molecular weight excluding hydrogens is 292 g/mol. The van der Waals surface area contributed by atoms with Crippen molar-refractivity contribution in [3.8, 4) is 5.75 Å². The Kier molecular flexibility index (Phi) is 5.65. The Morgan fingerprint density at radius 3 is 2.87 bits per heavy atom. The monoisotopic (exact) mass is 315 g/mol. The SMILES string of the molecule is COc1ccc2nc(/C=N\NC(=O)[C@@H]([NH3+])CC(C)C)ccc2c1. The third kappa shape index (κ3) is 4.75. The maximum atomic E-state index is 11.8. The van der Waals surface area contributed by atoms with E-state index < -0.39 is 0 Å². The van der Waals surface area contributed by atoms with Crippen LogP contribution in [0, 0.1) is 5.92 Å². The molecule has 0 spiro atoms. The Hall–Kier alpha value is -2.47. The molecule has 6 nitrogen and oxygen atoms in total. The summed E-state index contributed by atoms with van der Waals surface area (Å²) in [7, 11) is 1.63. The Morgan fingerprint density at radius 2 is 2.17 bits per heavy atom. The summed E-state index contributed by atoms with van der Waals surface area (Å²) in [5.74, 6) is 1.03. The third-order valence-electron chi connectivity index (χ3n) is 3.42. The largest absolute Gasteiger partial charge is 0.497 e. The molecule has 122 valence electrons. The second kappa shape index (κ2) is 7.69. The minimum atomic E-state index is -0.302. The second-order valence-corrected chi connectivity index (χ2v) is 5.86. The van der Waals surface area contributed by atoms with E-state index >= 15 is 0 Å². The molecule has 1 aromatic carbocycles. The summed E-state index contributed by atoms with van der Waals surface area (Å²) < 4.78 is 5.19. The van der Waals surface area contributed by atoms with Crippen molar-refractivity contribution in [2.24, 2.45) is 11.0 Å². The molecule has 6 heteroatoms. The van der Waals surface area contributed by atoms with Gasteiger partial charge in [-0.2, -0.15) is 5.10 Å². The molecule has 0 fully saturated rings. The van der Waals surface area contributed by atoms with Gasteiger partial charge in [0.05, 0.1) is 24.5 Å². The first-order chi connectivity index (χ1) is 11.0. The van der Waals surface area contributed by atoms with Crippen LogP contribution < -0.4 is 15.9 Å². The first kappa shape index (κ1) is 16.9. The average Bonchev–Trinajstić information content (AvgIpc) is 2.53. The lowest BCUT2D eigenvalue weighted by atomic mass is 10.0. The molecule has 1 heterocycles. The van der Waals surface area contributed by atoms with Crippen LogP contribution in [0.5, 0.6) is 5.75 Å². The van der Waals surface area contributed by atoms with E-state index in [-0.39, 0.29) is 11.9 Å². The van der Waals surface area contributed by atoms with Gasteiger partial charge < -0.3 is 10.5 Å². The number of fused-ring (bicyclic) bond motifs is 1. The number of rotatable bonds is 6. The maximum absolute atomic E-state index is 11.8. The standard InChI is InChI=1S/C17H22N4O2/c1-11(2)8-15(18)17(22)21-19-10-13-5-4-12-9-14(23-3)6-7-16(12)20-13/h4-7,9-11,15H,8,18H2,1-3H3,(H,21,22)/p+1/b19-10-/t15-/m0/s1. The highest BCUT2D eigenvalue weighted by Gasteiger charge is 2.17. The van der Waals surface area contributed by atoms with Crippen LogP contribution >= 0.6 is 0 Å². The van der Waals surface area contributed by atoms with Gasteiger partial charge in [0.2, 0.25) is 0 Å².